The Morgan fingerprint density at radius 2 is 1.22 bits per heavy atom. The Morgan fingerprint density at radius 3 is 1.73 bits per heavy atom. The molecule has 2 heteroatoms. The van der Waals surface area contributed by atoms with E-state index >= 15 is 0 Å². The van der Waals surface area contributed by atoms with E-state index in [1.807, 2.05) is 6.20 Å². The van der Waals surface area contributed by atoms with Gasteiger partial charge in [-0.2, -0.15) is 0 Å². The molecule has 0 amide bonds. The summed E-state index contributed by atoms with van der Waals surface area (Å²) in [6.45, 7) is 4.77. The first-order valence-corrected chi connectivity index (χ1v) is 15.2. The highest BCUT2D eigenvalue weighted by molar-refractivity contribution is 5.33. The van der Waals surface area contributed by atoms with Gasteiger partial charge < -0.3 is 4.57 Å². The minimum absolute atomic E-state index is 0.0150. The van der Waals surface area contributed by atoms with Crippen LogP contribution in [0.5, 0.6) is 0 Å². The van der Waals surface area contributed by atoms with Gasteiger partial charge in [-0.25, -0.2) is 4.98 Å². The SMILES string of the molecule is CCCCCCCCCCCCCCCC(c1nccn1C)C(C)(Cc1ccccc1)c1ccccc1. The molecule has 2 unspecified atom stereocenters. The molecule has 1 heterocycles. The van der Waals surface area contributed by atoms with E-state index < -0.39 is 0 Å². The van der Waals surface area contributed by atoms with Gasteiger partial charge in [0.05, 0.1) is 0 Å². The highest BCUT2D eigenvalue weighted by Gasteiger charge is 2.38. The summed E-state index contributed by atoms with van der Waals surface area (Å²) in [5.74, 6) is 1.60. The van der Waals surface area contributed by atoms with Gasteiger partial charge in [-0.3, -0.25) is 0 Å². The monoisotopic (exact) mass is 500 g/mol. The number of aromatic nitrogens is 2. The van der Waals surface area contributed by atoms with Crippen molar-refractivity contribution in [1.82, 2.24) is 9.55 Å². The maximum Gasteiger partial charge on any atom is 0.112 e. The third kappa shape index (κ3) is 9.47. The fourth-order valence-electron chi connectivity index (χ4n) is 6.08. The number of unbranched alkanes of at least 4 members (excludes halogenated alkanes) is 12. The molecule has 0 spiro atoms. The lowest BCUT2D eigenvalue weighted by atomic mass is 9.66. The first-order valence-electron chi connectivity index (χ1n) is 15.2. The molecule has 1 aromatic heterocycles. The van der Waals surface area contributed by atoms with Gasteiger partial charge in [0.2, 0.25) is 0 Å². The van der Waals surface area contributed by atoms with Gasteiger partial charge >= 0.3 is 0 Å². The third-order valence-electron chi connectivity index (χ3n) is 8.38. The van der Waals surface area contributed by atoms with Gasteiger partial charge in [-0.05, 0) is 24.0 Å². The average molecular weight is 501 g/mol. The van der Waals surface area contributed by atoms with E-state index in [2.05, 4.69) is 92.3 Å². The fourth-order valence-corrected chi connectivity index (χ4v) is 6.08. The molecule has 0 radical (unpaired) electrons. The van der Waals surface area contributed by atoms with E-state index in [9.17, 15) is 0 Å². The van der Waals surface area contributed by atoms with Crippen molar-refractivity contribution in [3.63, 3.8) is 0 Å². The predicted octanol–water partition coefficient (Wildman–Crippen LogP) is 10.2. The van der Waals surface area contributed by atoms with Crippen LogP contribution in [0.1, 0.15) is 127 Å². The molecular formula is C35H52N2. The van der Waals surface area contributed by atoms with Gasteiger partial charge in [0.1, 0.15) is 5.82 Å². The van der Waals surface area contributed by atoms with Crippen LogP contribution in [-0.2, 0) is 18.9 Å². The fraction of sp³-hybridized carbons (Fsp3) is 0.571. The highest BCUT2D eigenvalue weighted by atomic mass is 15.0. The quantitative estimate of drug-likeness (QED) is 0.150. The van der Waals surface area contributed by atoms with E-state index in [1.165, 1.54) is 107 Å². The Hall–Kier alpha value is -2.35. The lowest BCUT2D eigenvalue weighted by Crippen LogP contribution is -2.34. The van der Waals surface area contributed by atoms with Crippen molar-refractivity contribution < 1.29 is 0 Å². The number of aryl methyl sites for hydroxylation is 1. The van der Waals surface area contributed by atoms with Gasteiger partial charge in [0.25, 0.3) is 0 Å². The van der Waals surface area contributed by atoms with E-state index in [0.717, 1.165) is 6.42 Å². The van der Waals surface area contributed by atoms with Crippen molar-refractivity contribution in [2.45, 2.75) is 121 Å². The maximum absolute atomic E-state index is 4.89. The lowest BCUT2D eigenvalue weighted by molar-refractivity contribution is 0.326. The molecule has 3 aromatic rings. The zero-order valence-corrected chi connectivity index (χ0v) is 24.0. The molecule has 0 fully saturated rings. The molecule has 0 aliphatic rings. The smallest absolute Gasteiger partial charge is 0.112 e. The standard InChI is InChI=1S/C35H52N2/c1-4-5-6-7-8-9-10-11-12-13-14-15-22-27-33(34-36-28-29-37(34)3)35(2,32-25-20-17-21-26-32)30-31-23-18-16-19-24-31/h16-21,23-26,28-29,33H,4-15,22,27,30H2,1-3H3. The van der Waals surface area contributed by atoms with Crippen molar-refractivity contribution in [3.8, 4) is 0 Å². The summed E-state index contributed by atoms with van der Waals surface area (Å²) >= 11 is 0. The largest absolute Gasteiger partial charge is 0.338 e. The molecular weight excluding hydrogens is 448 g/mol. The summed E-state index contributed by atoms with van der Waals surface area (Å²) in [7, 11) is 2.16. The van der Waals surface area contributed by atoms with Crippen LogP contribution in [0.3, 0.4) is 0 Å². The van der Waals surface area contributed by atoms with Crippen LogP contribution in [-0.4, -0.2) is 9.55 Å². The van der Waals surface area contributed by atoms with Crippen molar-refractivity contribution in [3.05, 3.63) is 90.0 Å². The Balaban J connectivity index is 1.55. The summed E-state index contributed by atoms with van der Waals surface area (Å²) in [4.78, 5) is 4.89. The van der Waals surface area contributed by atoms with Gasteiger partial charge in [0, 0.05) is 30.8 Å². The summed E-state index contributed by atoms with van der Waals surface area (Å²) in [6, 6.07) is 22.2. The van der Waals surface area contributed by atoms with Crippen LogP contribution >= 0.6 is 0 Å². The van der Waals surface area contributed by atoms with Crippen molar-refractivity contribution in [2.75, 3.05) is 0 Å². The normalized spacial score (nSPS) is 13.9. The minimum Gasteiger partial charge on any atom is -0.338 e. The molecule has 0 saturated heterocycles. The van der Waals surface area contributed by atoms with Gasteiger partial charge in [-0.1, -0.05) is 158 Å². The molecule has 2 atom stereocenters. The van der Waals surface area contributed by atoms with Crippen LogP contribution in [0.25, 0.3) is 0 Å². The molecule has 0 saturated carbocycles. The summed E-state index contributed by atoms with van der Waals surface area (Å²) in [6.07, 6.45) is 24.4. The number of rotatable bonds is 19. The lowest BCUT2D eigenvalue weighted by Gasteiger charge is -2.39. The second-order valence-corrected chi connectivity index (χ2v) is 11.4. The second kappa shape index (κ2) is 16.5. The first kappa shape index (κ1) is 29.2. The molecule has 0 N–H and O–H groups in total. The average Bonchev–Trinajstić information content (AvgIpc) is 3.35. The van der Waals surface area contributed by atoms with Crippen LogP contribution in [0.2, 0.25) is 0 Å². The predicted molar refractivity (Wildman–Crippen MR) is 160 cm³/mol. The molecule has 0 bridgehead atoms. The minimum atomic E-state index is -0.0150. The summed E-state index contributed by atoms with van der Waals surface area (Å²) in [5, 5.41) is 0. The topological polar surface area (TPSA) is 17.8 Å². The zero-order valence-electron chi connectivity index (χ0n) is 24.0. The van der Waals surface area contributed by atoms with Crippen molar-refractivity contribution in [1.29, 1.82) is 0 Å². The van der Waals surface area contributed by atoms with Gasteiger partial charge in [-0.15, -0.1) is 0 Å². The molecule has 0 aliphatic heterocycles. The Kier molecular flexibility index (Phi) is 13.0. The zero-order chi connectivity index (χ0) is 26.2. The molecule has 37 heavy (non-hydrogen) atoms. The maximum atomic E-state index is 4.89. The van der Waals surface area contributed by atoms with Crippen molar-refractivity contribution >= 4 is 0 Å². The Bertz CT molecular complexity index is 961. The molecule has 2 nitrogen and oxygen atoms in total. The highest BCUT2D eigenvalue weighted by Crippen LogP contribution is 2.44. The van der Waals surface area contributed by atoms with E-state index in [4.69, 9.17) is 4.98 Å². The molecule has 0 aliphatic carbocycles. The number of benzene rings is 2. The van der Waals surface area contributed by atoms with Crippen LogP contribution < -0.4 is 0 Å². The third-order valence-corrected chi connectivity index (χ3v) is 8.38. The number of hydrogen-bond acceptors (Lipinski definition) is 1. The van der Waals surface area contributed by atoms with Crippen LogP contribution in [0, 0.1) is 0 Å². The first-order chi connectivity index (χ1) is 18.1. The number of imidazole rings is 1. The number of hydrogen-bond donors (Lipinski definition) is 0. The van der Waals surface area contributed by atoms with E-state index in [-0.39, 0.29) is 5.41 Å². The molecule has 202 valence electrons. The Labute approximate surface area is 227 Å². The van der Waals surface area contributed by atoms with Gasteiger partial charge in [0.15, 0.2) is 0 Å². The van der Waals surface area contributed by atoms with Crippen LogP contribution in [0.4, 0.5) is 0 Å². The number of nitrogens with zero attached hydrogens (tertiary/aromatic N) is 2. The van der Waals surface area contributed by atoms with E-state index in [1.54, 1.807) is 0 Å². The summed E-state index contributed by atoms with van der Waals surface area (Å²) < 4.78 is 2.25. The second-order valence-electron chi connectivity index (χ2n) is 11.4. The summed E-state index contributed by atoms with van der Waals surface area (Å²) in [5.41, 5.74) is 2.80. The molecule has 3 rings (SSSR count). The molecule has 2 aromatic carbocycles. The van der Waals surface area contributed by atoms with Crippen LogP contribution in [0.15, 0.2) is 73.1 Å². The Morgan fingerprint density at radius 1 is 0.703 bits per heavy atom. The van der Waals surface area contributed by atoms with Crippen molar-refractivity contribution in [2.24, 2.45) is 7.05 Å². The van der Waals surface area contributed by atoms with E-state index in [0.29, 0.717) is 5.92 Å².